The quantitative estimate of drug-likeness (QED) is 0.833. The van der Waals surface area contributed by atoms with Gasteiger partial charge >= 0.3 is 0 Å². The van der Waals surface area contributed by atoms with Crippen LogP contribution >= 0.6 is 0 Å². The number of benzene rings is 1. The predicted octanol–water partition coefficient (Wildman–Crippen LogP) is 1.63. The molecule has 2 rings (SSSR count). The third-order valence-corrected chi connectivity index (χ3v) is 3.59. The highest BCUT2D eigenvalue weighted by molar-refractivity contribution is 5.95. The molecule has 4 heteroatoms. The number of nitrogens with two attached hydrogens (primary N) is 1. The van der Waals surface area contributed by atoms with Crippen LogP contribution in [-0.2, 0) is 0 Å². The van der Waals surface area contributed by atoms with Crippen LogP contribution in [0.1, 0.15) is 35.7 Å². The van der Waals surface area contributed by atoms with Gasteiger partial charge in [0.2, 0.25) is 0 Å². The molecule has 1 fully saturated rings. The number of likely N-dealkylation sites (tertiary alicyclic amines) is 1. The summed E-state index contributed by atoms with van der Waals surface area (Å²) in [6.07, 6.45) is 2.14. The summed E-state index contributed by atoms with van der Waals surface area (Å²) in [6.45, 7) is 3.20. The van der Waals surface area contributed by atoms with Crippen LogP contribution < -0.4 is 10.5 Å². The fourth-order valence-corrected chi connectivity index (χ4v) is 2.49. The van der Waals surface area contributed by atoms with E-state index in [9.17, 15) is 4.79 Å². The molecule has 0 radical (unpaired) electrons. The molecule has 0 aliphatic carbocycles. The molecule has 20 heavy (non-hydrogen) atoms. The number of ether oxygens (including phenoxy) is 1. The van der Waals surface area contributed by atoms with Crippen molar-refractivity contribution in [2.24, 2.45) is 5.73 Å². The molecule has 1 aliphatic heterocycles. The SMILES string of the molecule is COc1ccc(C(=O)N2CCCC2C)cc1C#CCN. The zero-order valence-corrected chi connectivity index (χ0v) is 12.0. The van der Waals surface area contributed by atoms with Gasteiger partial charge in [0.15, 0.2) is 0 Å². The van der Waals surface area contributed by atoms with Crippen LogP contribution in [0.15, 0.2) is 18.2 Å². The second-order valence-corrected chi connectivity index (χ2v) is 4.91. The Morgan fingerprint density at radius 1 is 1.55 bits per heavy atom. The molecular formula is C16H20N2O2. The molecule has 1 unspecified atom stereocenters. The van der Waals surface area contributed by atoms with Gasteiger partial charge in [-0.1, -0.05) is 11.8 Å². The first kappa shape index (κ1) is 14.4. The first-order valence-electron chi connectivity index (χ1n) is 6.85. The Labute approximate surface area is 119 Å². The van der Waals surface area contributed by atoms with Crippen molar-refractivity contribution in [3.8, 4) is 17.6 Å². The van der Waals surface area contributed by atoms with E-state index in [-0.39, 0.29) is 12.5 Å². The molecule has 0 aromatic heterocycles. The molecule has 0 bridgehead atoms. The molecular weight excluding hydrogens is 252 g/mol. The summed E-state index contributed by atoms with van der Waals surface area (Å²) < 4.78 is 5.26. The van der Waals surface area contributed by atoms with E-state index >= 15 is 0 Å². The van der Waals surface area contributed by atoms with E-state index in [0.29, 0.717) is 22.9 Å². The zero-order valence-electron chi connectivity index (χ0n) is 12.0. The van der Waals surface area contributed by atoms with Crippen molar-refractivity contribution < 1.29 is 9.53 Å². The summed E-state index contributed by atoms with van der Waals surface area (Å²) >= 11 is 0. The lowest BCUT2D eigenvalue weighted by molar-refractivity contribution is 0.0747. The molecule has 2 N–H and O–H groups in total. The highest BCUT2D eigenvalue weighted by Crippen LogP contribution is 2.23. The maximum absolute atomic E-state index is 12.5. The fourth-order valence-electron chi connectivity index (χ4n) is 2.49. The second kappa shape index (κ2) is 6.44. The van der Waals surface area contributed by atoms with E-state index in [1.54, 1.807) is 25.3 Å². The molecule has 1 aromatic rings. The molecule has 1 heterocycles. The van der Waals surface area contributed by atoms with Crippen molar-refractivity contribution >= 4 is 5.91 Å². The van der Waals surface area contributed by atoms with Crippen LogP contribution in [0.4, 0.5) is 0 Å². The number of methoxy groups -OCH3 is 1. The second-order valence-electron chi connectivity index (χ2n) is 4.91. The summed E-state index contributed by atoms with van der Waals surface area (Å²) in [5.74, 6) is 6.47. The van der Waals surface area contributed by atoms with Crippen LogP contribution in [0, 0.1) is 11.8 Å². The minimum Gasteiger partial charge on any atom is -0.495 e. The van der Waals surface area contributed by atoms with Gasteiger partial charge < -0.3 is 15.4 Å². The zero-order chi connectivity index (χ0) is 14.5. The van der Waals surface area contributed by atoms with Gasteiger partial charge in [0, 0.05) is 18.2 Å². The highest BCUT2D eigenvalue weighted by atomic mass is 16.5. The van der Waals surface area contributed by atoms with Gasteiger partial charge in [0.05, 0.1) is 19.2 Å². The molecule has 0 spiro atoms. The number of nitrogens with zero attached hydrogens (tertiary/aromatic N) is 1. The van der Waals surface area contributed by atoms with Gasteiger partial charge in [0.1, 0.15) is 5.75 Å². The Hall–Kier alpha value is -1.99. The fraction of sp³-hybridized carbons (Fsp3) is 0.438. The van der Waals surface area contributed by atoms with Crippen molar-refractivity contribution in [1.82, 2.24) is 4.90 Å². The summed E-state index contributed by atoms with van der Waals surface area (Å²) in [5, 5.41) is 0. The number of amides is 1. The molecule has 1 aromatic carbocycles. The van der Waals surface area contributed by atoms with Crippen molar-refractivity contribution in [3.05, 3.63) is 29.3 Å². The van der Waals surface area contributed by atoms with E-state index in [2.05, 4.69) is 18.8 Å². The minimum absolute atomic E-state index is 0.0634. The lowest BCUT2D eigenvalue weighted by Crippen LogP contribution is -2.33. The number of carbonyl (C=O) groups excluding carboxylic acids is 1. The normalized spacial score (nSPS) is 17.6. The van der Waals surface area contributed by atoms with Crippen molar-refractivity contribution in [3.63, 3.8) is 0 Å². The van der Waals surface area contributed by atoms with Crippen LogP contribution in [0.2, 0.25) is 0 Å². The standard InChI is InChI=1S/C16H20N2O2/c1-12-5-4-10-18(12)16(19)14-7-8-15(20-2)13(11-14)6-3-9-17/h7-8,11-12H,4-5,9-10,17H2,1-2H3. The Morgan fingerprint density at radius 3 is 2.95 bits per heavy atom. The van der Waals surface area contributed by atoms with E-state index < -0.39 is 0 Å². The molecule has 1 aliphatic rings. The number of hydrogen-bond donors (Lipinski definition) is 1. The van der Waals surface area contributed by atoms with E-state index in [1.165, 1.54) is 0 Å². The lowest BCUT2D eigenvalue weighted by atomic mass is 10.1. The van der Waals surface area contributed by atoms with Gasteiger partial charge in [-0.15, -0.1) is 0 Å². The number of carbonyl (C=O) groups is 1. The average Bonchev–Trinajstić information content (AvgIpc) is 2.90. The predicted molar refractivity (Wildman–Crippen MR) is 78.7 cm³/mol. The summed E-state index contributed by atoms with van der Waals surface area (Å²) in [6, 6.07) is 5.67. The Kier molecular flexibility index (Phi) is 4.65. The Morgan fingerprint density at radius 2 is 2.35 bits per heavy atom. The summed E-state index contributed by atoms with van der Waals surface area (Å²) in [5.41, 5.74) is 6.75. The topological polar surface area (TPSA) is 55.6 Å². The number of rotatable bonds is 2. The Bertz CT molecular complexity index is 557. The first-order valence-corrected chi connectivity index (χ1v) is 6.85. The van der Waals surface area contributed by atoms with Crippen LogP contribution in [0.5, 0.6) is 5.75 Å². The van der Waals surface area contributed by atoms with Crippen LogP contribution in [-0.4, -0.2) is 37.0 Å². The maximum Gasteiger partial charge on any atom is 0.254 e. The molecule has 1 saturated heterocycles. The van der Waals surface area contributed by atoms with Gasteiger partial charge in [0.25, 0.3) is 5.91 Å². The van der Waals surface area contributed by atoms with E-state index in [0.717, 1.165) is 19.4 Å². The first-order chi connectivity index (χ1) is 9.67. The van der Waals surface area contributed by atoms with Gasteiger partial charge in [-0.2, -0.15) is 0 Å². The molecule has 0 saturated carbocycles. The van der Waals surface area contributed by atoms with Crippen LogP contribution in [0.25, 0.3) is 0 Å². The molecule has 1 amide bonds. The van der Waals surface area contributed by atoms with Gasteiger partial charge in [-0.3, -0.25) is 4.79 Å². The summed E-state index contributed by atoms with van der Waals surface area (Å²) in [4.78, 5) is 14.4. The smallest absolute Gasteiger partial charge is 0.254 e. The average molecular weight is 272 g/mol. The molecule has 106 valence electrons. The largest absolute Gasteiger partial charge is 0.495 e. The summed E-state index contributed by atoms with van der Waals surface area (Å²) in [7, 11) is 1.59. The van der Waals surface area contributed by atoms with E-state index in [4.69, 9.17) is 10.5 Å². The van der Waals surface area contributed by atoms with Gasteiger partial charge in [-0.05, 0) is 38.0 Å². The Balaban J connectivity index is 2.30. The molecule has 1 atom stereocenters. The monoisotopic (exact) mass is 272 g/mol. The lowest BCUT2D eigenvalue weighted by Gasteiger charge is -2.21. The van der Waals surface area contributed by atoms with Crippen molar-refractivity contribution in [2.45, 2.75) is 25.8 Å². The van der Waals surface area contributed by atoms with Crippen LogP contribution in [0.3, 0.4) is 0 Å². The van der Waals surface area contributed by atoms with Crippen molar-refractivity contribution in [1.29, 1.82) is 0 Å². The molecule has 4 nitrogen and oxygen atoms in total. The third kappa shape index (κ3) is 2.94. The maximum atomic E-state index is 12.5. The minimum atomic E-state index is 0.0634. The third-order valence-electron chi connectivity index (χ3n) is 3.59. The van der Waals surface area contributed by atoms with Crippen molar-refractivity contribution in [2.75, 3.05) is 20.2 Å². The number of hydrogen-bond acceptors (Lipinski definition) is 3. The van der Waals surface area contributed by atoms with E-state index in [1.807, 2.05) is 4.90 Å². The van der Waals surface area contributed by atoms with Gasteiger partial charge in [-0.25, -0.2) is 0 Å². The highest BCUT2D eigenvalue weighted by Gasteiger charge is 2.26.